The summed E-state index contributed by atoms with van der Waals surface area (Å²) in [5, 5.41) is 2.94. The maximum atomic E-state index is 12.5. The van der Waals surface area contributed by atoms with Crippen molar-refractivity contribution in [3.8, 4) is 11.5 Å². The highest BCUT2D eigenvalue weighted by atomic mass is 16.6. The Bertz CT molecular complexity index is 684. The second-order valence-electron chi connectivity index (χ2n) is 6.05. The first-order chi connectivity index (χ1) is 11.6. The molecule has 1 N–H and O–H groups in total. The Morgan fingerprint density at radius 1 is 1.17 bits per heavy atom. The number of fused-ring (bicyclic) bond motifs is 1. The third-order valence-corrected chi connectivity index (χ3v) is 4.07. The molecule has 0 unspecified atom stereocenters. The molecular formula is C18H22N2O4. The maximum absolute atomic E-state index is 12.5. The number of nitrogens with zero attached hydrogens (tertiary/aromatic N) is 1. The van der Waals surface area contributed by atoms with Crippen molar-refractivity contribution in [3.63, 3.8) is 0 Å². The van der Waals surface area contributed by atoms with Crippen LogP contribution < -0.4 is 14.8 Å². The molecule has 0 radical (unpaired) electrons. The van der Waals surface area contributed by atoms with Crippen LogP contribution in [-0.2, 0) is 4.79 Å². The Balaban J connectivity index is 1.64. The third kappa shape index (κ3) is 3.38. The topological polar surface area (TPSA) is 63.9 Å². The molecule has 3 atom stereocenters. The van der Waals surface area contributed by atoms with Crippen molar-refractivity contribution in [3.05, 3.63) is 48.4 Å². The van der Waals surface area contributed by atoms with Crippen molar-refractivity contribution < 1.29 is 18.7 Å². The molecule has 0 saturated heterocycles. The maximum Gasteiger partial charge on any atom is 0.265 e. The van der Waals surface area contributed by atoms with Crippen molar-refractivity contribution in [1.82, 2.24) is 10.2 Å². The summed E-state index contributed by atoms with van der Waals surface area (Å²) < 4.78 is 17.0. The highest BCUT2D eigenvalue weighted by Gasteiger charge is 2.34. The molecule has 0 bridgehead atoms. The number of likely N-dealkylation sites (N-methyl/N-ethyl adjacent to an activating group) is 1. The lowest BCUT2D eigenvalue weighted by atomic mass is 10.1. The van der Waals surface area contributed by atoms with Gasteiger partial charge in [-0.3, -0.25) is 9.69 Å². The number of furan rings is 1. The zero-order chi connectivity index (χ0) is 17.1. The van der Waals surface area contributed by atoms with Crippen LogP contribution >= 0.6 is 0 Å². The van der Waals surface area contributed by atoms with E-state index in [9.17, 15) is 4.79 Å². The molecule has 1 amide bonds. The number of hydrogen-bond donors (Lipinski definition) is 1. The number of amides is 1. The molecule has 0 spiro atoms. The lowest BCUT2D eigenvalue weighted by Crippen LogP contribution is -2.50. The summed E-state index contributed by atoms with van der Waals surface area (Å²) in [4.78, 5) is 14.5. The predicted molar refractivity (Wildman–Crippen MR) is 89.1 cm³/mol. The molecule has 0 saturated carbocycles. The number of carbonyl (C=O) groups is 1. The van der Waals surface area contributed by atoms with Gasteiger partial charge >= 0.3 is 0 Å². The number of ether oxygens (including phenoxy) is 2. The number of hydrogen-bond acceptors (Lipinski definition) is 5. The fraction of sp³-hybridized carbons (Fsp3) is 0.389. The third-order valence-electron chi connectivity index (χ3n) is 4.07. The fourth-order valence-electron chi connectivity index (χ4n) is 2.72. The molecule has 128 valence electrons. The van der Waals surface area contributed by atoms with Crippen molar-refractivity contribution >= 4 is 5.91 Å². The molecular weight excluding hydrogens is 308 g/mol. The van der Waals surface area contributed by atoms with Crippen LogP contribution in [0.5, 0.6) is 11.5 Å². The summed E-state index contributed by atoms with van der Waals surface area (Å²) in [6, 6.07) is 11.1. The molecule has 6 heteroatoms. The number of nitrogens with one attached hydrogen (secondary N) is 1. The molecule has 2 aromatic rings. The van der Waals surface area contributed by atoms with Crippen LogP contribution in [0.3, 0.4) is 0 Å². The van der Waals surface area contributed by atoms with Crippen LogP contribution in [-0.4, -0.2) is 43.7 Å². The summed E-state index contributed by atoms with van der Waals surface area (Å²) in [5.74, 6) is 1.86. The normalized spacial score (nSPS) is 20.7. The molecule has 2 heterocycles. The first kappa shape index (κ1) is 16.4. The van der Waals surface area contributed by atoms with E-state index < -0.39 is 6.10 Å². The van der Waals surface area contributed by atoms with E-state index >= 15 is 0 Å². The number of para-hydroxylation sites is 2. The average Bonchev–Trinajstić information content (AvgIpc) is 3.08. The summed E-state index contributed by atoms with van der Waals surface area (Å²) >= 11 is 0. The molecule has 1 aliphatic heterocycles. The van der Waals surface area contributed by atoms with Crippen molar-refractivity contribution in [2.75, 3.05) is 20.6 Å². The van der Waals surface area contributed by atoms with Gasteiger partial charge in [0, 0.05) is 6.54 Å². The summed E-state index contributed by atoms with van der Waals surface area (Å²) in [5.41, 5.74) is 0. The van der Waals surface area contributed by atoms with E-state index in [0.29, 0.717) is 18.0 Å². The van der Waals surface area contributed by atoms with Gasteiger partial charge in [-0.2, -0.15) is 0 Å². The molecule has 0 fully saturated rings. The molecule has 0 aliphatic carbocycles. The van der Waals surface area contributed by atoms with Gasteiger partial charge in [-0.15, -0.1) is 0 Å². The van der Waals surface area contributed by atoms with E-state index in [1.54, 1.807) is 12.3 Å². The minimum atomic E-state index is -0.681. The van der Waals surface area contributed by atoms with Crippen LogP contribution in [0.25, 0.3) is 0 Å². The molecule has 1 aromatic carbocycles. The monoisotopic (exact) mass is 330 g/mol. The van der Waals surface area contributed by atoms with Gasteiger partial charge in [0.15, 0.2) is 11.5 Å². The van der Waals surface area contributed by atoms with Gasteiger partial charge in [-0.1, -0.05) is 12.1 Å². The Morgan fingerprint density at radius 2 is 1.88 bits per heavy atom. The van der Waals surface area contributed by atoms with E-state index in [1.165, 1.54) is 0 Å². The Morgan fingerprint density at radius 3 is 2.50 bits per heavy atom. The first-order valence-corrected chi connectivity index (χ1v) is 7.96. The second-order valence-corrected chi connectivity index (χ2v) is 6.05. The van der Waals surface area contributed by atoms with Crippen molar-refractivity contribution in [1.29, 1.82) is 0 Å². The van der Waals surface area contributed by atoms with E-state index in [1.807, 2.05) is 56.3 Å². The Kier molecular flexibility index (Phi) is 4.76. The van der Waals surface area contributed by atoms with Gasteiger partial charge in [0.2, 0.25) is 6.10 Å². The van der Waals surface area contributed by atoms with Gasteiger partial charge in [0.25, 0.3) is 5.91 Å². The van der Waals surface area contributed by atoms with E-state index in [-0.39, 0.29) is 18.1 Å². The minimum absolute atomic E-state index is 0.0453. The standard InChI is InChI=1S/C18H22N2O4/c1-12-17(24-16-8-5-4-7-15(16)23-12)18(21)19-11-13(20(2)3)14-9-6-10-22-14/h4-10,12-13,17H,11H2,1-3H3,(H,19,21)/t12-,13-,17+/m0/s1. The summed E-state index contributed by atoms with van der Waals surface area (Å²) in [7, 11) is 3.89. The van der Waals surface area contributed by atoms with Gasteiger partial charge in [-0.05, 0) is 45.3 Å². The molecule has 1 aromatic heterocycles. The first-order valence-electron chi connectivity index (χ1n) is 7.96. The van der Waals surface area contributed by atoms with Crippen LogP contribution in [0.2, 0.25) is 0 Å². The highest BCUT2D eigenvalue weighted by molar-refractivity contribution is 5.82. The molecule has 1 aliphatic rings. The fourth-order valence-corrected chi connectivity index (χ4v) is 2.72. The van der Waals surface area contributed by atoms with E-state index in [0.717, 1.165) is 5.76 Å². The lowest BCUT2D eigenvalue weighted by Gasteiger charge is -2.31. The van der Waals surface area contributed by atoms with Crippen molar-refractivity contribution in [2.45, 2.75) is 25.2 Å². The number of benzene rings is 1. The molecule has 3 rings (SSSR count). The number of rotatable bonds is 5. The van der Waals surface area contributed by atoms with Gasteiger partial charge in [-0.25, -0.2) is 0 Å². The Labute approximate surface area is 141 Å². The molecule has 24 heavy (non-hydrogen) atoms. The van der Waals surface area contributed by atoms with Gasteiger partial charge in [0.1, 0.15) is 11.9 Å². The second kappa shape index (κ2) is 6.97. The summed E-state index contributed by atoms with van der Waals surface area (Å²) in [6.07, 6.45) is 0.589. The SMILES string of the molecule is C[C@@H]1Oc2ccccc2O[C@H]1C(=O)NC[C@@H](c1ccco1)N(C)C. The zero-order valence-electron chi connectivity index (χ0n) is 14.1. The zero-order valence-corrected chi connectivity index (χ0v) is 14.1. The lowest BCUT2D eigenvalue weighted by molar-refractivity contribution is -0.133. The Hall–Kier alpha value is -2.47. The van der Waals surface area contributed by atoms with Crippen LogP contribution in [0.4, 0.5) is 0 Å². The largest absolute Gasteiger partial charge is 0.482 e. The van der Waals surface area contributed by atoms with Crippen LogP contribution in [0.15, 0.2) is 47.1 Å². The molecule has 6 nitrogen and oxygen atoms in total. The van der Waals surface area contributed by atoms with Crippen molar-refractivity contribution in [2.24, 2.45) is 0 Å². The van der Waals surface area contributed by atoms with Crippen LogP contribution in [0.1, 0.15) is 18.7 Å². The number of carbonyl (C=O) groups excluding carboxylic acids is 1. The van der Waals surface area contributed by atoms with Crippen LogP contribution in [0, 0.1) is 0 Å². The highest BCUT2D eigenvalue weighted by Crippen LogP contribution is 2.33. The van der Waals surface area contributed by atoms with Gasteiger partial charge in [0.05, 0.1) is 12.3 Å². The summed E-state index contributed by atoms with van der Waals surface area (Å²) in [6.45, 7) is 2.25. The quantitative estimate of drug-likeness (QED) is 0.911. The van der Waals surface area contributed by atoms with E-state index in [4.69, 9.17) is 13.9 Å². The smallest absolute Gasteiger partial charge is 0.265 e. The average molecular weight is 330 g/mol. The van der Waals surface area contributed by atoms with E-state index in [2.05, 4.69) is 5.32 Å². The van der Waals surface area contributed by atoms with Gasteiger partial charge < -0.3 is 19.2 Å². The minimum Gasteiger partial charge on any atom is -0.482 e. The predicted octanol–water partition coefficient (Wildman–Crippen LogP) is 2.23.